The molecule has 0 saturated carbocycles. The maximum atomic E-state index is 8.50. The van der Waals surface area contributed by atoms with Gasteiger partial charge in [-0.05, 0) is 6.07 Å². The van der Waals surface area contributed by atoms with Crippen LogP contribution in [0.5, 0.6) is 5.75 Å². The van der Waals surface area contributed by atoms with Gasteiger partial charge in [0.15, 0.2) is 4.98 Å². The minimum absolute atomic E-state index is 0.0558. The van der Waals surface area contributed by atoms with Gasteiger partial charge in [0.05, 0.1) is 6.61 Å². The Morgan fingerprint density at radius 2 is 2.17 bits per heavy atom. The Labute approximate surface area is 70.0 Å². The number of rotatable bonds is 3. The van der Waals surface area contributed by atoms with Gasteiger partial charge >= 0.3 is 5.69 Å². The van der Waals surface area contributed by atoms with Gasteiger partial charge in [0, 0.05) is 6.07 Å². The summed E-state index contributed by atoms with van der Waals surface area (Å²) in [6, 6.07) is 6.79. The lowest BCUT2D eigenvalue weighted by molar-refractivity contribution is 0.202. The maximum absolute atomic E-state index is 8.50. The van der Waals surface area contributed by atoms with Crippen LogP contribution < -0.4 is 4.74 Å². The molecule has 0 atom stereocenters. The molecule has 0 bridgehead atoms. The molecule has 0 aliphatic heterocycles. The van der Waals surface area contributed by atoms with E-state index in [0.29, 0.717) is 11.4 Å². The summed E-state index contributed by atoms with van der Waals surface area (Å²) in [4.78, 5) is 3.02. The van der Waals surface area contributed by atoms with Crippen molar-refractivity contribution < 1.29 is 9.84 Å². The first-order valence-electron chi connectivity index (χ1n) is 3.56. The summed E-state index contributed by atoms with van der Waals surface area (Å²) in [5.74, 6) is 0.467. The average Bonchev–Trinajstić information content (AvgIpc) is 2.15. The first kappa shape index (κ1) is 8.50. The number of para-hydroxylation sites is 1. The molecular weight excluding hydrogens is 156 g/mol. The van der Waals surface area contributed by atoms with Crippen LogP contribution in [0, 0.1) is 5.39 Å². The van der Waals surface area contributed by atoms with Crippen LogP contribution in [0.1, 0.15) is 0 Å². The normalized spacial score (nSPS) is 9.00. The van der Waals surface area contributed by atoms with E-state index >= 15 is 0 Å². The number of hydrogen-bond acceptors (Lipinski definition) is 3. The molecule has 0 spiro atoms. The van der Waals surface area contributed by atoms with Gasteiger partial charge in [-0.3, -0.25) is 0 Å². The highest BCUT2D eigenvalue weighted by Crippen LogP contribution is 2.26. The zero-order valence-electron chi connectivity index (χ0n) is 6.47. The van der Waals surface area contributed by atoms with E-state index in [2.05, 4.69) is 4.98 Å². The number of ether oxygens (including phenoxy) is 1. The molecule has 0 aliphatic rings. The summed E-state index contributed by atoms with van der Waals surface area (Å²) in [7, 11) is 0. The molecule has 62 valence electrons. The molecule has 1 N–H and O–H groups in total. The van der Waals surface area contributed by atoms with Crippen LogP contribution in [0.25, 0.3) is 4.98 Å². The van der Waals surface area contributed by atoms with Gasteiger partial charge in [-0.15, -0.1) is 0 Å². The molecule has 1 aromatic carbocycles. The summed E-state index contributed by atoms with van der Waals surface area (Å²) in [6.45, 7) is 0.145. The molecule has 4 heteroatoms. The Kier molecular flexibility index (Phi) is 3.05. The maximum Gasteiger partial charge on any atom is 0.426 e. The Balaban J connectivity index is 2.77. The molecule has 1 aromatic rings. The molecule has 0 unspecified atom stereocenters. The fourth-order valence-corrected chi connectivity index (χ4v) is 0.817. The van der Waals surface area contributed by atoms with Crippen LogP contribution in [0.3, 0.4) is 0 Å². The summed E-state index contributed by atoms with van der Waals surface area (Å²) in [6.07, 6.45) is 0. The van der Waals surface area contributed by atoms with Crippen LogP contribution in [0.2, 0.25) is 0 Å². The number of aliphatic hydroxyl groups excluding tert-OH is 1. The van der Waals surface area contributed by atoms with Crippen molar-refractivity contribution in [2.24, 2.45) is 0 Å². The molecule has 0 aliphatic carbocycles. The van der Waals surface area contributed by atoms with Crippen molar-refractivity contribution in [2.75, 3.05) is 13.2 Å². The van der Waals surface area contributed by atoms with E-state index < -0.39 is 0 Å². The minimum atomic E-state index is -0.0558. The first-order chi connectivity index (χ1) is 5.88. The number of aliphatic hydroxyl groups is 1. The Morgan fingerprint density at radius 3 is 2.83 bits per heavy atom. The van der Waals surface area contributed by atoms with E-state index in [4.69, 9.17) is 15.2 Å². The largest absolute Gasteiger partial charge is 0.484 e. The van der Waals surface area contributed by atoms with Gasteiger partial charge in [0.2, 0.25) is 11.1 Å². The monoisotopic (exact) mass is 165 g/mol. The van der Waals surface area contributed by atoms with Crippen LogP contribution in [-0.2, 0) is 0 Å². The molecule has 0 fully saturated rings. The molecule has 0 saturated heterocycles. The predicted molar refractivity (Wildman–Crippen MR) is 43.8 cm³/mol. The summed E-state index contributed by atoms with van der Waals surface area (Å²) < 4.78 is 5.07. The SMILES string of the molecule is N#[N+]c1ccccc1OCCO. The lowest BCUT2D eigenvalue weighted by Crippen LogP contribution is -2.01. The predicted octanol–water partition coefficient (Wildman–Crippen LogP) is 1.54. The van der Waals surface area contributed by atoms with Crippen molar-refractivity contribution in [1.82, 2.24) is 0 Å². The van der Waals surface area contributed by atoms with Gasteiger partial charge in [-0.25, -0.2) is 0 Å². The van der Waals surface area contributed by atoms with Gasteiger partial charge < -0.3 is 9.84 Å². The Bertz CT molecular complexity index is 293. The number of nitrogens with zero attached hydrogens (tertiary/aromatic N) is 2. The number of hydrogen-bond donors (Lipinski definition) is 1. The van der Waals surface area contributed by atoms with Crippen LogP contribution in [-0.4, -0.2) is 18.3 Å². The molecule has 0 heterocycles. The van der Waals surface area contributed by atoms with Crippen molar-refractivity contribution in [3.8, 4) is 5.75 Å². The van der Waals surface area contributed by atoms with E-state index in [1.165, 1.54) is 0 Å². The summed E-state index contributed by atoms with van der Waals surface area (Å²) >= 11 is 0. The third kappa shape index (κ3) is 1.94. The third-order valence-electron chi connectivity index (χ3n) is 1.32. The van der Waals surface area contributed by atoms with Gasteiger partial charge in [-0.1, -0.05) is 12.1 Å². The molecule has 0 amide bonds. The van der Waals surface area contributed by atoms with E-state index in [1.807, 2.05) is 0 Å². The zero-order valence-corrected chi connectivity index (χ0v) is 6.47. The van der Waals surface area contributed by atoms with Crippen LogP contribution >= 0.6 is 0 Å². The fraction of sp³-hybridized carbons (Fsp3) is 0.250. The Hall–Kier alpha value is -1.60. The van der Waals surface area contributed by atoms with Gasteiger partial charge in [0.25, 0.3) is 0 Å². The highest BCUT2D eigenvalue weighted by Gasteiger charge is 2.12. The van der Waals surface area contributed by atoms with Crippen molar-refractivity contribution in [2.45, 2.75) is 0 Å². The summed E-state index contributed by atoms with van der Waals surface area (Å²) in [5, 5.41) is 17.0. The van der Waals surface area contributed by atoms with Gasteiger partial charge in [-0.2, -0.15) is 0 Å². The minimum Gasteiger partial charge on any atom is -0.484 e. The van der Waals surface area contributed by atoms with Crippen LogP contribution in [0.15, 0.2) is 24.3 Å². The van der Waals surface area contributed by atoms with E-state index in [1.54, 1.807) is 24.3 Å². The standard InChI is InChI=1S/C8H9N2O2/c9-10-7-3-1-2-4-8(7)12-6-5-11/h1-4,11H,5-6H2/q+1. The second kappa shape index (κ2) is 4.31. The van der Waals surface area contributed by atoms with E-state index in [0.717, 1.165) is 0 Å². The highest BCUT2D eigenvalue weighted by atomic mass is 16.5. The van der Waals surface area contributed by atoms with Crippen molar-refractivity contribution >= 4 is 5.69 Å². The van der Waals surface area contributed by atoms with E-state index in [-0.39, 0.29) is 13.2 Å². The number of benzene rings is 1. The second-order valence-corrected chi connectivity index (χ2v) is 2.14. The molecule has 1 rings (SSSR count). The van der Waals surface area contributed by atoms with Crippen molar-refractivity contribution in [3.05, 3.63) is 29.2 Å². The topological polar surface area (TPSA) is 57.6 Å². The molecular formula is C8H9N2O2+. The Morgan fingerprint density at radius 1 is 1.42 bits per heavy atom. The summed E-state index contributed by atoms with van der Waals surface area (Å²) in [5.41, 5.74) is 0.367. The molecule has 4 nitrogen and oxygen atoms in total. The van der Waals surface area contributed by atoms with Gasteiger partial charge in [0.1, 0.15) is 6.61 Å². The second-order valence-electron chi connectivity index (χ2n) is 2.14. The third-order valence-corrected chi connectivity index (χ3v) is 1.32. The first-order valence-corrected chi connectivity index (χ1v) is 3.56. The quantitative estimate of drug-likeness (QED) is 0.691. The average molecular weight is 165 g/mol. The smallest absolute Gasteiger partial charge is 0.426 e. The lowest BCUT2D eigenvalue weighted by Gasteiger charge is -1.99. The van der Waals surface area contributed by atoms with Crippen molar-refractivity contribution in [3.63, 3.8) is 0 Å². The lowest BCUT2D eigenvalue weighted by atomic mass is 10.3. The fourth-order valence-electron chi connectivity index (χ4n) is 0.817. The molecule has 0 radical (unpaired) electrons. The van der Waals surface area contributed by atoms with Crippen molar-refractivity contribution in [1.29, 1.82) is 5.39 Å². The molecule has 0 aromatic heterocycles. The highest BCUT2D eigenvalue weighted by molar-refractivity contribution is 5.56. The zero-order chi connectivity index (χ0) is 8.81. The van der Waals surface area contributed by atoms with E-state index in [9.17, 15) is 0 Å². The number of diazo groups is 1. The molecule has 12 heavy (non-hydrogen) atoms. The van der Waals surface area contributed by atoms with Crippen LogP contribution in [0.4, 0.5) is 5.69 Å².